The SMILES string of the molecule is CCCC.CCOC(=O)C1CC=CCC1NC=O.CCc1c(C)c(C)nn1C1CCCCC1. The van der Waals surface area contributed by atoms with Crippen LogP contribution >= 0.6 is 0 Å². The molecule has 188 valence electrons. The van der Waals surface area contributed by atoms with Gasteiger partial charge < -0.3 is 10.1 Å². The first kappa shape index (κ1) is 28.9. The Morgan fingerprint density at radius 3 is 2.27 bits per heavy atom. The third kappa shape index (κ3) is 9.34. The second kappa shape index (κ2) is 16.5. The van der Waals surface area contributed by atoms with Crippen LogP contribution in [0.1, 0.15) is 108 Å². The van der Waals surface area contributed by atoms with Gasteiger partial charge in [-0.1, -0.05) is 65.0 Å². The van der Waals surface area contributed by atoms with Crippen LogP contribution < -0.4 is 5.32 Å². The molecule has 0 bridgehead atoms. The largest absolute Gasteiger partial charge is 0.466 e. The Morgan fingerprint density at radius 1 is 1.09 bits per heavy atom. The molecule has 0 aromatic carbocycles. The molecule has 6 nitrogen and oxygen atoms in total. The number of hydrogen-bond donors (Lipinski definition) is 1. The van der Waals surface area contributed by atoms with E-state index in [1.807, 2.05) is 12.2 Å². The summed E-state index contributed by atoms with van der Waals surface area (Å²) in [6.07, 6.45) is 16.5. The lowest BCUT2D eigenvalue weighted by molar-refractivity contribution is -0.149. The van der Waals surface area contributed by atoms with Gasteiger partial charge in [0, 0.05) is 11.7 Å². The van der Waals surface area contributed by atoms with Crippen molar-refractivity contribution in [1.29, 1.82) is 0 Å². The third-order valence-electron chi connectivity index (χ3n) is 6.57. The van der Waals surface area contributed by atoms with Crippen LogP contribution in [-0.2, 0) is 20.7 Å². The number of nitrogens with one attached hydrogen (secondary N) is 1. The van der Waals surface area contributed by atoms with Crippen LogP contribution in [0.2, 0.25) is 0 Å². The smallest absolute Gasteiger partial charge is 0.311 e. The number of unbranched alkanes of at least 4 members (excludes halogenated alkanes) is 1. The lowest BCUT2D eigenvalue weighted by atomic mass is 9.89. The molecule has 0 saturated heterocycles. The van der Waals surface area contributed by atoms with Crippen LogP contribution in [0.4, 0.5) is 0 Å². The summed E-state index contributed by atoms with van der Waals surface area (Å²) in [6.45, 7) is 13.1. The first-order valence-electron chi connectivity index (χ1n) is 13.0. The molecule has 6 heteroatoms. The summed E-state index contributed by atoms with van der Waals surface area (Å²) in [7, 11) is 0. The second-order valence-corrected chi connectivity index (χ2v) is 8.94. The third-order valence-corrected chi connectivity index (χ3v) is 6.57. The minimum atomic E-state index is -0.231. The standard InChI is InChI=1S/C13H22N2.C10H15NO3.C4H10/c1-4-13-10(2)11(3)14-15(13)12-8-6-5-7-9-12;1-2-14-10(13)8-5-3-4-6-9(8)11-7-12;1-3-4-2/h12H,4-9H2,1-3H3;3-4,7-9H,2,5-6H2,1H3,(H,11,12);3-4H2,1-2H3. The fourth-order valence-corrected chi connectivity index (χ4v) is 4.33. The van der Waals surface area contributed by atoms with Gasteiger partial charge in [-0.2, -0.15) is 5.10 Å². The number of hydrogen-bond acceptors (Lipinski definition) is 4. The predicted molar refractivity (Wildman–Crippen MR) is 135 cm³/mol. The zero-order chi connectivity index (χ0) is 24.6. The van der Waals surface area contributed by atoms with E-state index in [0.717, 1.165) is 6.42 Å². The highest BCUT2D eigenvalue weighted by Gasteiger charge is 2.29. The van der Waals surface area contributed by atoms with Crippen LogP contribution in [0.5, 0.6) is 0 Å². The van der Waals surface area contributed by atoms with Crippen molar-refractivity contribution in [2.75, 3.05) is 6.61 Å². The molecule has 0 spiro atoms. The molecule has 33 heavy (non-hydrogen) atoms. The van der Waals surface area contributed by atoms with Crippen LogP contribution in [0, 0.1) is 19.8 Å². The van der Waals surface area contributed by atoms with E-state index < -0.39 is 0 Å². The fourth-order valence-electron chi connectivity index (χ4n) is 4.33. The molecule has 0 aliphatic heterocycles. The molecule has 1 aromatic rings. The van der Waals surface area contributed by atoms with Crippen molar-refractivity contribution in [2.24, 2.45) is 5.92 Å². The van der Waals surface area contributed by atoms with Gasteiger partial charge in [0.15, 0.2) is 0 Å². The number of aryl methyl sites for hydroxylation is 1. The minimum absolute atomic E-state index is 0.114. The summed E-state index contributed by atoms with van der Waals surface area (Å²) < 4.78 is 7.25. The highest BCUT2D eigenvalue weighted by molar-refractivity contribution is 5.74. The normalized spacial score (nSPS) is 20.1. The average Bonchev–Trinajstić information content (AvgIpc) is 3.14. The number of ether oxygens (including phenoxy) is 1. The van der Waals surface area contributed by atoms with Crippen molar-refractivity contribution in [2.45, 2.75) is 118 Å². The van der Waals surface area contributed by atoms with Crippen LogP contribution in [-0.4, -0.2) is 34.8 Å². The van der Waals surface area contributed by atoms with Crippen molar-refractivity contribution >= 4 is 12.4 Å². The maximum absolute atomic E-state index is 11.5. The van der Waals surface area contributed by atoms with Crippen molar-refractivity contribution in [3.05, 3.63) is 29.1 Å². The van der Waals surface area contributed by atoms with E-state index in [1.54, 1.807) is 6.92 Å². The molecule has 3 rings (SSSR count). The number of allylic oxidation sites excluding steroid dienone is 1. The summed E-state index contributed by atoms with van der Waals surface area (Å²) >= 11 is 0. The van der Waals surface area contributed by atoms with Gasteiger partial charge in [0.2, 0.25) is 6.41 Å². The molecular weight excluding hydrogens is 414 g/mol. The quantitative estimate of drug-likeness (QED) is 0.307. The highest BCUT2D eigenvalue weighted by atomic mass is 16.5. The van der Waals surface area contributed by atoms with E-state index in [1.165, 1.54) is 61.9 Å². The number of amides is 1. The Kier molecular flexibility index (Phi) is 14.5. The maximum Gasteiger partial charge on any atom is 0.311 e. The van der Waals surface area contributed by atoms with Gasteiger partial charge in [0.05, 0.1) is 24.3 Å². The number of nitrogens with zero attached hydrogens (tertiary/aromatic N) is 2. The maximum atomic E-state index is 11.5. The number of esters is 1. The molecule has 1 heterocycles. The van der Waals surface area contributed by atoms with Gasteiger partial charge in [-0.15, -0.1) is 0 Å². The Morgan fingerprint density at radius 2 is 1.73 bits per heavy atom. The van der Waals surface area contributed by atoms with Crippen LogP contribution in [0.15, 0.2) is 12.2 Å². The summed E-state index contributed by atoms with van der Waals surface area (Å²) in [5, 5.41) is 7.36. The summed E-state index contributed by atoms with van der Waals surface area (Å²) in [6, 6.07) is 0.567. The van der Waals surface area contributed by atoms with E-state index in [-0.39, 0.29) is 17.9 Å². The Bertz CT molecular complexity index is 718. The van der Waals surface area contributed by atoms with Gasteiger partial charge in [-0.3, -0.25) is 14.3 Å². The van der Waals surface area contributed by atoms with Crippen molar-refractivity contribution < 1.29 is 14.3 Å². The topological polar surface area (TPSA) is 73.2 Å². The first-order chi connectivity index (χ1) is 15.9. The van der Waals surface area contributed by atoms with Crippen molar-refractivity contribution in [3.63, 3.8) is 0 Å². The lowest BCUT2D eigenvalue weighted by Crippen LogP contribution is -2.41. The molecule has 2 aliphatic rings. The van der Waals surface area contributed by atoms with E-state index in [4.69, 9.17) is 9.84 Å². The molecule has 1 N–H and O–H groups in total. The van der Waals surface area contributed by atoms with Crippen LogP contribution in [0.3, 0.4) is 0 Å². The fraction of sp³-hybridized carbons (Fsp3) is 0.741. The van der Waals surface area contributed by atoms with Gasteiger partial charge in [0.25, 0.3) is 0 Å². The number of rotatable bonds is 7. The molecule has 1 fully saturated rings. The summed E-state index contributed by atoms with van der Waals surface area (Å²) in [5.74, 6) is -0.457. The van der Waals surface area contributed by atoms with Gasteiger partial charge in [-0.25, -0.2) is 0 Å². The van der Waals surface area contributed by atoms with Crippen LogP contribution in [0.25, 0.3) is 0 Å². The minimum Gasteiger partial charge on any atom is -0.466 e. The van der Waals surface area contributed by atoms with E-state index in [2.05, 4.69) is 44.6 Å². The van der Waals surface area contributed by atoms with E-state index >= 15 is 0 Å². The highest BCUT2D eigenvalue weighted by Crippen LogP contribution is 2.30. The second-order valence-electron chi connectivity index (χ2n) is 8.94. The molecule has 2 atom stereocenters. The molecule has 1 amide bonds. The molecule has 0 radical (unpaired) electrons. The van der Waals surface area contributed by atoms with E-state index in [0.29, 0.717) is 31.9 Å². The monoisotopic (exact) mass is 461 g/mol. The van der Waals surface area contributed by atoms with E-state index in [9.17, 15) is 9.59 Å². The first-order valence-corrected chi connectivity index (χ1v) is 13.0. The predicted octanol–water partition coefficient (Wildman–Crippen LogP) is 6.00. The van der Waals surface area contributed by atoms with Crippen molar-refractivity contribution in [1.82, 2.24) is 15.1 Å². The van der Waals surface area contributed by atoms with Gasteiger partial charge in [-0.05, 0) is 58.4 Å². The molecule has 2 aliphatic carbocycles. The molecule has 2 unspecified atom stereocenters. The zero-order valence-corrected chi connectivity index (χ0v) is 21.9. The molecular formula is C27H47N3O3. The lowest BCUT2D eigenvalue weighted by Gasteiger charge is -2.25. The number of carbonyl (C=O) groups is 2. The van der Waals surface area contributed by atoms with Gasteiger partial charge >= 0.3 is 5.97 Å². The average molecular weight is 462 g/mol. The Labute approximate surface area is 201 Å². The summed E-state index contributed by atoms with van der Waals surface area (Å²) in [5.41, 5.74) is 4.08. The Hall–Kier alpha value is -2.11. The Balaban J connectivity index is 0.000000285. The molecule has 1 aromatic heterocycles. The number of carbonyl (C=O) groups excluding carboxylic acids is 2. The van der Waals surface area contributed by atoms with Crippen molar-refractivity contribution in [3.8, 4) is 0 Å². The van der Waals surface area contributed by atoms with Gasteiger partial charge in [0.1, 0.15) is 0 Å². The molecule has 1 saturated carbocycles. The summed E-state index contributed by atoms with van der Waals surface area (Å²) in [4.78, 5) is 21.8. The number of aromatic nitrogens is 2. The zero-order valence-electron chi connectivity index (χ0n) is 21.9.